The average molecular weight is 237 g/mol. The molecular formula is C10H11N3O4. The smallest absolute Gasteiger partial charge is 0.311 e. The summed E-state index contributed by atoms with van der Waals surface area (Å²) in [6.07, 6.45) is 1.31. The van der Waals surface area contributed by atoms with Crippen molar-refractivity contribution in [1.82, 2.24) is 5.43 Å². The summed E-state index contributed by atoms with van der Waals surface area (Å²) in [6, 6.07) is 4.37. The molecule has 0 aliphatic carbocycles. The van der Waals surface area contributed by atoms with Gasteiger partial charge in [-0.15, -0.1) is 0 Å². The van der Waals surface area contributed by atoms with Crippen molar-refractivity contribution in [3.8, 4) is 5.75 Å². The zero-order chi connectivity index (χ0) is 12.8. The van der Waals surface area contributed by atoms with Gasteiger partial charge in [0, 0.05) is 18.6 Å². The number of nitrogens with one attached hydrogen (secondary N) is 1. The Morgan fingerprint density at radius 1 is 1.59 bits per heavy atom. The summed E-state index contributed by atoms with van der Waals surface area (Å²) in [4.78, 5) is 20.7. The lowest BCUT2D eigenvalue weighted by Gasteiger charge is -2.01. The van der Waals surface area contributed by atoms with Crippen molar-refractivity contribution >= 4 is 17.8 Å². The molecule has 1 amide bonds. The Kier molecular flexibility index (Phi) is 4.15. The number of benzene rings is 1. The van der Waals surface area contributed by atoms with Crippen LogP contribution in [0.4, 0.5) is 5.69 Å². The van der Waals surface area contributed by atoms with Crippen LogP contribution in [0, 0.1) is 10.1 Å². The van der Waals surface area contributed by atoms with Crippen LogP contribution in [0.2, 0.25) is 0 Å². The van der Waals surface area contributed by atoms with E-state index in [1.165, 1.54) is 32.4 Å². The minimum absolute atomic E-state index is 0.153. The summed E-state index contributed by atoms with van der Waals surface area (Å²) in [7, 11) is 1.35. The van der Waals surface area contributed by atoms with Crippen LogP contribution in [0.15, 0.2) is 23.3 Å². The first kappa shape index (κ1) is 12.6. The molecule has 1 N–H and O–H groups in total. The molecule has 0 bridgehead atoms. The van der Waals surface area contributed by atoms with E-state index in [1.807, 2.05) is 0 Å². The third-order valence-corrected chi connectivity index (χ3v) is 1.84. The first-order valence-corrected chi connectivity index (χ1v) is 4.66. The summed E-state index contributed by atoms with van der Waals surface area (Å²) in [5.41, 5.74) is 2.54. The molecule has 1 aromatic rings. The number of methoxy groups -OCH3 is 1. The van der Waals surface area contributed by atoms with E-state index in [-0.39, 0.29) is 17.3 Å². The van der Waals surface area contributed by atoms with Gasteiger partial charge >= 0.3 is 5.69 Å². The Morgan fingerprint density at radius 3 is 2.82 bits per heavy atom. The Labute approximate surface area is 97.2 Å². The molecule has 0 aliphatic heterocycles. The second-order valence-corrected chi connectivity index (χ2v) is 3.11. The molecule has 0 heterocycles. The molecule has 7 nitrogen and oxygen atoms in total. The van der Waals surface area contributed by atoms with E-state index in [1.54, 1.807) is 6.07 Å². The molecule has 0 atom stereocenters. The van der Waals surface area contributed by atoms with Crippen LogP contribution in [-0.2, 0) is 4.79 Å². The van der Waals surface area contributed by atoms with Crippen molar-refractivity contribution in [1.29, 1.82) is 0 Å². The van der Waals surface area contributed by atoms with E-state index < -0.39 is 4.92 Å². The largest absolute Gasteiger partial charge is 0.490 e. The normalized spacial score (nSPS) is 10.2. The van der Waals surface area contributed by atoms with Crippen molar-refractivity contribution in [3.05, 3.63) is 33.9 Å². The summed E-state index contributed by atoms with van der Waals surface area (Å²) in [6.45, 7) is 1.31. The number of hydrazone groups is 1. The van der Waals surface area contributed by atoms with Crippen LogP contribution < -0.4 is 10.2 Å². The fourth-order valence-electron chi connectivity index (χ4n) is 1.13. The minimum atomic E-state index is -0.547. The topological polar surface area (TPSA) is 93.8 Å². The molecule has 0 aliphatic rings. The van der Waals surface area contributed by atoms with Gasteiger partial charge in [0.25, 0.3) is 0 Å². The molecule has 0 saturated heterocycles. The predicted octanol–water partition coefficient (Wildman–Crippen LogP) is 1.07. The Hall–Kier alpha value is -2.44. The van der Waals surface area contributed by atoms with Crippen LogP contribution in [0.1, 0.15) is 12.5 Å². The van der Waals surface area contributed by atoms with E-state index in [0.717, 1.165) is 0 Å². The van der Waals surface area contributed by atoms with Crippen LogP contribution in [-0.4, -0.2) is 24.2 Å². The van der Waals surface area contributed by atoms with Gasteiger partial charge in [-0.1, -0.05) is 0 Å². The molecule has 17 heavy (non-hydrogen) atoms. The lowest BCUT2D eigenvalue weighted by molar-refractivity contribution is -0.385. The van der Waals surface area contributed by atoms with Gasteiger partial charge in [0.05, 0.1) is 18.2 Å². The van der Waals surface area contributed by atoms with E-state index in [2.05, 4.69) is 10.5 Å². The maximum absolute atomic E-state index is 10.7. The molecule has 0 aromatic heterocycles. The van der Waals surface area contributed by atoms with Gasteiger partial charge in [-0.25, -0.2) is 5.43 Å². The van der Waals surface area contributed by atoms with Crippen molar-refractivity contribution in [2.75, 3.05) is 7.11 Å². The molecule has 0 saturated carbocycles. The SMILES string of the molecule is COc1ccc(/C=N/NC(C)=O)cc1[N+](=O)[O-]. The number of nitro benzene ring substituents is 1. The third kappa shape index (κ3) is 3.56. The molecule has 7 heteroatoms. The fourth-order valence-corrected chi connectivity index (χ4v) is 1.13. The summed E-state index contributed by atoms with van der Waals surface area (Å²) in [5.74, 6) is -0.143. The summed E-state index contributed by atoms with van der Waals surface area (Å²) < 4.78 is 4.85. The molecule has 0 fully saturated rings. The number of amides is 1. The number of hydrogen-bond donors (Lipinski definition) is 1. The highest BCUT2D eigenvalue weighted by molar-refractivity contribution is 5.83. The Balaban J connectivity index is 2.96. The highest BCUT2D eigenvalue weighted by Crippen LogP contribution is 2.26. The average Bonchev–Trinajstić information content (AvgIpc) is 2.28. The van der Waals surface area contributed by atoms with Crippen LogP contribution in [0.25, 0.3) is 0 Å². The Bertz CT molecular complexity index is 471. The first-order chi connectivity index (χ1) is 8.04. The number of carbonyl (C=O) groups excluding carboxylic acids is 1. The lowest BCUT2D eigenvalue weighted by Crippen LogP contribution is -2.12. The molecule has 0 unspecified atom stereocenters. The Morgan fingerprint density at radius 2 is 2.29 bits per heavy atom. The van der Waals surface area contributed by atoms with E-state index >= 15 is 0 Å². The fraction of sp³-hybridized carbons (Fsp3) is 0.200. The van der Waals surface area contributed by atoms with Crippen molar-refractivity contribution in [2.24, 2.45) is 5.10 Å². The second-order valence-electron chi connectivity index (χ2n) is 3.11. The van der Waals surface area contributed by atoms with Gasteiger partial charge in [0.15, 0.2) is 5.75 Å². The minimum Gasteiger partial charge on any atom is -0.490 e. The maximum atomic E-state index is 10.7. The molecule has 1 aromatic carbocycles. The predicted molar refractivity (Wildman–Crippen MR) is 61.1 cm³/mol. The third-order valence-electron chi connectivity index (χ3n) is 1.84. The molecule has 90 valence electrons. The van der Waals surface area contributed by atoms with Gasteiger partial charge in [-0.05, 0) is 12.1 Å². The standard InChI is InChI=1S/C10H11N3O4/c1-7(14)12-11-6-8-3-4-10(17-2)9(5-8)13(15)16/h3-6H,1-2H3,(H,12,14)/b11-6+. The van der Waals surface area contributed by atoms with Crippen LogP contribution in [0.5, 0.6) is 5.75 Å². The first-order valence-electron chi connectivity index (χ1n) is 4.66. The molecular weight excluding hydrogens is 226 g/mol. The highest BCUT2D eigenvalue weighted by Gasteiger charge is 2.14. The number of nitrogens with zero attached hydrogens (tertiary/aromatic N) is 2. The van der Waals surface area contributed by atoms with Crippen molar-refractivity contribution in [2.45, 2.75) is 6.92 Å². The van der Waals surface area contributed by atoms with Gasteiger partial charge in [-0.2, -0.15) is 5.10 Å². The van der Waals surface area contributed by atoms with Crippen LogP contribution >= 0.6 is 0 Å². The summed E-state index contributed by atoms with van der Waals surface area (Å²) in [5, 5.41) is 14.3. The lowest BCUT2D eigenvalue weighted by atomic mass is 10.2. The van der Waals surface area contributed by atoms with E-state index in [0.29, 0.717) is 5.56 Å². The molecule has 1 rings (SSSR count). The summed E-state index contributed by atoms with van der Waals surface area (Å²) >= 11 is 0. The molecule has 0 spiro atoms. The number of ether oxygens (including phenoxy) is 1. The number of nitro groups is 1. The van der Waals surface area contributed by atoms with Gasteiger partial charge in [0.2, 0.25) is 5.91 Å². The highest BCUT2D eigenvalue weighted by atomic mass is 16.6. The zero-order valence-corrected chi connectivity index (χ0v) is 9.34. The van der Waals surface area contributed by atoms with Gasteiger partial charge in [-0.3, -0.25) is 14.9 Å². The molecule has 0 radical (unpaired) electrons. The van der Waals surface area contributed by atoms with Gasteiger partial charge in [0.1, 0.15) is 0 Å². The van der Waals surface area contributed by atoms with Crippen LogP contribution in [0.3, 0.4) is 0 Å². The number of carbonyl (C=O) groups is 1. The quantitative estimate of drug-likeness (QED) is 0.481. The second kappa shape index (κ2) is 5.59. The number of hydrogen-bond acceptors (Lipinski definition) is 5. The maximum Gasteiger partial charge on any atom is 0.311 e. The van der Waals surface area contributed by atoms with E-state index in [4.69, 9.17) is 4.74 Å². The zero-order valence-electron chi connectivity index (χ0n) is 9.34. The monoisotopic (exact) mass is 237 g/mol. The number of rotatable bonds is 4. The van der Waals surface area contributed by atoms with Crippen molar-refractivity contribution in [3.63, 3.8) is 0 Å². The van der Waals surface area contributed by atoms with Gasteiger partial charge < -0.3 is 4.74 Å². The van der Waals surface area contributed by atoms with E-state index in [9.17, 15) is 14.9 Å². The van der Waals surface area contributed by atoms with Crippen molar-refractivity contribution < 1.29 is 14.5 Å².